The predicted octanol–water partition coefficient (Wildman–Crippen LogP) is 0.795. The number of urea groups is 1. The first-order chi connectivity index (χ1) is 8.22. The van der Waals surface area contributed by atoms with Crippen molar-refractivity contribution in [2.24, 2.45) is 5.92 Å². The van der Waals surface area contributed by atoms with E-state index in [1.54, 1.807) is 7.11 Å². The predicted molar refractivity (Wildman–Crippen MR) is 63.9 cm³/mol. The summed E-state index contributed by atoms with van der Waals surface area (Å²) in [4.78, 5) is 16.1. The number of carbonyl (C=O) groups is 1. The van der Waals surface area contributed by atoms with Gasteiger partial charge in [-0.15, -0.1) is 0 Å². The quantitative estimate of drug-likeness (QED) is 0.683. The highest BCUT2D eigenvalue weighted by Gasteiger charge is 2.31. The molecular weight excluding hydrogens is 220 g/mol. The topological polar surface area (TPSA) is 42.0 Å². The molecule has 0 aliphatic carbocycles. The van der Waals surface area contributed by atoms with Gasteiger partial charge in [0.15, 0.2) is 0 Å². The van der Waals surface area contributed by atoms with Crippen molar-refractivity contribution in [2.75, 3.05) is 46.5 Å². The molecule has 2 aliphatic heterocycles. The Labute approximate surface area is 103 Å². The maximum Gasteiger partial charge on any atom is 0.320 e. The van der Waals surface area contributed by atoms with Gasteiger partial charge in [-0.3, -0.25) is 0 Å². The van der Waals surface area contributed by atoms with Gasteiger partial charge in [0.05, 0.1) is 19.3 Å². The molecule has 0 bridgehead atoms. The van der Waals surface area contributed by atoms with E-state index >= 15 is 0 Å². The normalized spacial score (nSPS) is 30.5. The van der Waals surface area contributed by atoms with Crippen molar-refractivity contribution < 1.29 is 14.3 Å². The van der Waals surface area contributed by atoms with E-state index in [-0.39, 0.29) is 12.1 Å². The average Bonchev–Trinajstić information content (AvgIpc) is 2.39. The number of hydrogen-bond acceptors (Lipinski definition) is 3. The minimum Gasteiger partial charge on any atom is -0.379 e. The number of piperidine rings is 1. The van der Waals surface area contributed by atoms with Gasteiger partial charge in [-0.05, 0) is 12.3 Å². The lowest BCUT2D eigenvalue weighted by Crippen LogP contribution is -2.53. The lowest BCUT2D eigenvalue weighted by atomic mass is 9.96. The molecule has 2 fully saturated rings. The number of hydrogen-bond donors (Lipinski definition) is 0. The summed E-state index contributed by atoms with van der Waals surface area (Å²) in [5.74, 6) is 0.536. The molecule has 5 heteroatoms. The number of likely N-dealkylation sites (tertiary alicyclic amines) is 1. The number of rotatable bonds is 1. The zero-order chi connectivity index (χ0) is 12.3. The third-order valence-corrected chi connectivity index (χ3v) is 3.74. The Hall–Kier alpha value is -0.810. The molecule has 0 saturated carbocycles. The van der Waals surface area contributed by atoms with Crippen LogP contribution in [0.5, 0.6) is 0 Å². The standard InChI is InChI=1S/C12H22N2O3/c1-10-3-4-14(9-11(10)16-2)12(15)13-5-7-17-8-6-13/h10-11H,3-9H2,1-2H3. The fourth-order valence-electron chi connectivity index (χ4n) is 2.47. The Balaban J connectivity index is 1.90. The average molecular weight is 242 g/mol. The largest absolute Gasteiger partial charge is 0.379 e. The lowest BCUT2D eigenvalue weighted by molar-refractivity contribution is -0.00607. The summed E-state index contributed by atoms with van der Waals surface area (Å²) in [5.41, 5.74) is 0. The number of amides is 2. The number of carbonyl (C=O) groups excluding carboxylic acids is 1. The lowest BCUT2D eigenvalue weighted by Gasteiger charge is -2.39. The molecule has 2 heterocycles. The molecular formula is C12H22N2O3. The minimum absolute atomic E-state index is 0.141. The van der Waals surface area contributed by atoms with E-state index in [9.17, 15) is 4.79 Å². The summed E-state index contributed by atoms with van der Waals surface area (Å²) < 4.78 is 10.7. The number of ether oxygens (including phenoxy) is 2. The van der Waals surface area contributed by atoms with E-state index in [4.69, 9.17) is 9.47 Å². The van der Waals surface area contributed by atoms with Crippen molar-refractivity contribution in [1.82, 2.24) is 9.80 Å². The first-order valence-electron chi connectivity index (χ1n) is 6.36. The van der Waals surface area contributed by atoms with E-state index in [1.165, 1.54) is 0 Å². The summed E-state index contributed by atoms with van der Waals surface area (Å²) in [6, 6.07) is 0.141. The molecule has 17 heavy (non-hydrogen) atoms. The van der Waals surface area contributed by atoms with Crippen molar-refractivity contribution in [1.29, 1.82) is 0 Å². The molecule has 5 nitrogen and oxygen atoms in total. The second-order valence-corrected chi connectivity index (χ2v) is 4.87. The van der Waals surface area contributed by atoms with E-state index in [1.807, 2.05) is 9.80 Å². The molecule has 2 aliphatic rings. The van der Waals surface area contributed by atoms with Crippen molar-refractivity contribution in [3.05, 3.63) is 0 Å². The van der Waals surface area contributed by atoms with Crippen LogP contribution in [0, 0.1) is 5.92 Å². The summed E-state index contributed by atoms with van der Waals surface area (Å²) in [6.07, 6.45) is 1.20. The van der Waals surface area contributed by atoms with Crippen LogP contribution in [0.1, 0.15) is 13.3 Å². The van der Waals surface area contributed by atoms with Gasteiger partial charge in [-0.1, -0.05) is 6.92 Å². The molecule has 0 aromatic carbocycles. The van der Waals surface area contributed by atoms with Crippen molar-refractivity contribution >= 4 is 6.03 Å². The van der Waals surface area contributed by atoms with Gasteiger partial charge < -0.3 is 19.3 Å². The van der Waals surface area contributed by atoms with Crippen molar-refractivity contribution in [3.8, 4) is 0 Å². The number of morpholine rings is 1. The van der Waals surface area contributed by atoms with Gasteiger partial charge in [0.2, 0.25) is 0 Å². The fraction of sp³-hybridized carbons (Fsp3) is 0.917. The van der Waals surface area contributed by atoms with Gasteiger partial charge in [0.1, 0.15) is 0 Å². The van der Waals surface area contributed by atoms with Crippen molar-refractivity contribution in [3.63, 3.8) is 0 Å². The Bertz CT molecular complexity index is 266. The Morgan fingerprint density at radius 1 is 1.24 bits per heavy atom. The molecule has 0 aromatic heterocycles. The van der Waals surface area contributed by atoms with Gasteiger partial charge in [-0.2, -0.15) is 0 Å². The van der Waals surface area contributed by atoms with Crippen LogP contribution in [-0.2, 0) is 9.47 Å². The van der Waals surface area contributed by atoms with Crippen LogP contribution in [0.3, 0.4) is 0 Å². The maximum absolute atomic E-state index is 12.3. The van der Waals surface area contributed by atoms with Crippen LogP contribution in [0.15, 0.2) is 0 Å². The first-order valence-corrected chi connectivity index (χ1v) is 6.36. The number of nitrogens with zero attached hydrogens (tertiary/aromatic N) is 2. The van der Waals surface area contributed by atoms with E-state index in [0.717, 1.165) is 13.0 Å². The molecule has 2 amide bonds. The van der Waals surface area contributed by atoms with E-state index < -0.39 is 0 Å². The van der Waals surface area contributed by atoms with Crippen molar-refractivity contribution in [2.45, 2.75) is 19.4 Å². The van der Waals surface area contributed by atoms with Gasteiger partial charge in [0.25, 0.3) is 0 Å². The third-order valence-electron chi connectivity index (χ3n) is 3.74. The van der Waals surface area contributed by atoms with Gasteiger partial charge >= 0.3 is 6.03 Å². The van der Waals surface area contributed by atoms with Crippen LogP contribution >= 0.6 is 0 Å². The molecule has 0 radical (unpaired) electrons. The van der Waals surface area contributed by atoms with Gasteiger partial charge in [-0.25, -0.2) is 4.79 Å². The van der Waals surface area contributed by atoms with Crippen LogP contribution < -0.4 is 0 Å². The summed E-state index contributed by atoms with van der Waals surface area (Å²) >= 11 is 0. The maximum atomic E-state index is 12.3. The highest BCUT2D eigenvalue weighted by atomic mass is 16.5. The monoisotopic (exact) mass is 242 g/mol. The molecule has 2 atom stereocenters. The number of methoxy groups -OCH3 is 1. The fourth-order valence-corrected chi connectivity index (χ4v) is 2.47. The minimum atomic E-state index is 0.141. The van der Waals surface area contributed by atoms with Crippen LogP contribution in [0.4, 0.5) is 4.79 Å². The molecule has 0 aromatic rings. The molecule has 0 spiro atoms. The molecule has 0 N–H and O–H groups in total. The third kappa shape index (κ3) is 2.90. The SMILES string of the molecule is COC1CN(C(=O)N2CCOCC2)CCC1C. The van der Waals surface area contributed by atoms with Crippen LogP contribution in [0.25, 0.3) is 0 Å². The molecule has 2 unspecified atom stereocenters. The van der Waals surface area contributed by atoms with Crippen LogP contribution in [0.2, 0.25) is 0 Å². The molecule has 2 rings (SSSR count). The first kappa shape index (κ1) is 12.6. The molecule has 2 saturated heterocycles. The highest BCUT2D eigenvalue weighted by molar-refractivity contribution is 5.74. The van der Waals surface area contributed by atoms with Crippen LogP contribution in [-0.4, -0.2) is 68.4 Å². The smallest absolute Gasteiger partial charge is 0.320 e. The summed E-state index contributed by atoms with van der Waals surface area (Å²) in [6.45, 7) is 6.48. The highest BCUT2D eigenvalue weighted by Crippen LogP contribution is 2.20. The Kier molecular flexibility index (Phi) is 4.23. The Morgan fingerprint density at radius 2 is 1.94 bits per heavy atom. The second-order valence-electron chi connectivity index (χ2n) is 4.87. The van der Waals surface area contributed by atoms with Gasteiger partial charge in [0, 0.05) is 33.3 Å². The summed E-state index contributed by atoms with van der Waals surface area (Å²) in [7, 11) is 1.73. The second kappa shape index (κ2) is 5.69. The molecule has 98 valence electrons. The zero-order valence-corrected chi connectivity index (χ0v) is 10.7. The van der Waals surface area contributed by atoms with E-state index in [0.29, 0.717) is 38.8 Å². The Morgan fingerprint density at radius 3 is 2.59 bits per heavy atom. The van der Waals surface area contributed by atoms with E-state index in [2.05, 4.69) is 6.92 Å². The zero-order valence-electron chi connectivity index (χ0n) is 10.7. The summed E-state index contributed by atoms with van der Waals surface area (Å²) in [5, 5.41) is 0.